The fraction of sp³-hybridized carbons (Fsp3) is 0.167. The van der Waals surface area contributed by atoms with Gasteiger partial charge < -0.3 is 0 Å². The lowest BCUT2D eigenvalue weighted by Gasteiger charge is -1.87. The molecule has 0 heterocycles. The van der Waals surface area contributed by atoms with Crippen molar-refractivity contribution in [3.05, 3.63) is 30.7 Å². The zero-order valence-corrected chi connectivity index (χ0v) is 4.04. The third kappa shape index (κ3) is 2.18. The highest BCUT2D eigenvalue weighted by atomic mass is 16.0. The number of hydrogen-bond acceptors (Lipinski definition) is 0. The van der Waals surface area contributed by atoms with Crippen molar-refractivity contribution in [2.24, 2.45) is 0 Å². The van der Waals surface area contributed by atoms with E-state index in [1.807, 2.05) is 6.08 Å². The molecule has 0 aromatic rings. The van der Waals surface area contributed by atoms with Crippen molar-refractivity contribution in [2.75, 3.05) is 0 Å². The van der Waals surface area contributed by atoms with Crippen LogP contribution in [-0.2, 0) is 0 Å². The Bertz CT molecular complexity index is 70.2. The molecule has 0 spiro atoms. The topological polar surface area (TPSA) is 30.0 Å². The molecule has 0 unspecified atom stereocenters. The average Bonchev–Trinajstić information content (AvgIpc) is 1.72. The Morgan fingerprint density at radius 1 is 1.00 bits per heavy atom. The Kier molecular flexibility index (Phi) is 3.33. The van der Waals surface area contributed by atoms with Crippen LogP contribution in [0.2, 0.25) is 0 Å². The fourth-order valence-electron chi connectivity index (χ4n) is 0.457. The molecule has 1 aliphatic carbocycles. The van der Waals surface area contributed by atoms with Crippen molar-refractivity contribution >= 4 is 0 Å². The van der Waals surface area contributed by atoms with Crippen molar-refractivity contribution in [2.45, 2.75) is 6.42 Å². The van der Waals surface area contributed by atoms with Gasteiger partial charge in [-0.05, 0) is 12.8 Å². The second-order valence-electron chi connectivity index (χ2n) is 1.28. The van der Waals surface area contributed by atoms with Crippen LogP contribution in [-0.4, -0.2) is 5.48 Å². The normalized spacial score (nSPS) is 16.0. The molecule has 0 amide bonds. The van der Waals surface area contributed by atoms with Crippen molar-refractivity contribution in [1.82, 2.24) is 0 Å². The van der Waals surface area contributed by atoms with Crippen LogP contribution in [0, 0.1) is 6.42 Å². The van der Waals surface area contributed by atoms with Gasteiger partial charge in [0.1, 0.15) is 0 Å². The summed E-state index contributed by atoms with van der Waals surface area (Å²) in [4.78, 5) is 0. The molecule has 0 aliphatic heterocycles. The molecular formula is C6H8O. The van der Waals surface area contributed by atoms with Crippen molar-refractivity contribution < 1.29 is 5.48 Å². The summed E-state index contributed by atoms with van der Waals surface area (Å²) < 4.78 is 0. The van der Waals surface area contributed by atoms with Gasteiger partial charge in [-0.15, -0.1) is 0 Å². The van der Waals surface area contributed by atoms with Crippen LogP contribution in [0.15, 0.2) is 24.3 Å². The zero-order valence-electron chi connectivity index (χ0n) is 4.04. The molecule has 1 nitrogen and oxygen atoms in total. The summed E-state index contributed by atoms with van der Waals surface area (Å²) in [5, 5.41) is 0. The second kappa shape index (κ2) is 3.62. The van der Waals surface area contributed by atoms with Crippen LogP contribution >= 0.6 is 0 Å². The third-order valence-corrected chi connectivity index (χ3v) is 0.767. The summed E-state index contributed by atoms with van der Waals surface area (Å²) in [5.74, 6) is 0. The first-order chi connectivity index (χ1) is 3.00. The molecule has 38 valence electrons. The number of hydrogen-bond donors (Lipinski definition) is 1. The van der Waals surface area contributed by atoms with E-state index in [2.05, 4.69) is 24.6 Å². The first kappa shape index (κ1) is 6.44. The van der Waals surface area contributed by atoms with Gasteiger partial charge in [0.05, 0.1) is 0 Å². The Morgan fingerprint density at radius 3 is 2.00 bits per heavy atom. The van der Waals surface area contributed by atoms with Crippen LogP contribution in [0.3, 0.4) is 0 Å². The highest BCUT2D eigenvalue weighted by molar-refractivity contribution is 5.14. The fourth-order valence-corrected chi connectivity index (χ4v) is 0.457. The molecule has 0 fully saturated rings. The highest BCUT2D eigenvalue weighted by Crippen LogP contribution is 1.96. The minimum Gasteiger partial charge on any atom is -0.255 e. The number of allylic oxidation sites excluding steroid dienone is 4. The van der Waals surface area contributed by atoms with Crippen molar-refractivity contribution in [1.29, 1.82) is 0 Å². The largest absolute Gasteiger partial charge is 0.255 e. The van der Waals surface area contributed by atoms with Gasteiger partial charge in [-0.3, -0.25) is 5.48 Å². The Labute approximate surface area is 43.7 Å². The molecule has 0 saturated carbocycles. The predicted octanol–water partition coefficient (Wildman–Crippen LogP) is 1.53. The molecule has 0 atom stereocenters. The summed E-state index contributed by atoms with van der Waals surface area (Å²) in [6.45, 7) is 0. The molecule has 1 heteroatoms. The van der Waals surface area contributed by atoms with E-state index in [9.17, 15) is 0 Å². The highest BCUT2D eigenvalue weighted by Gasteiger charge is 1.78. The lowest BCUT2D eigenvalue weighted by Crippen LogP contribution is -1.69. The maximum atomic E-state index is 2.12. The van der Waals surface area contributed by atoms with E-state index in [4.69, 9.17) is 0 Å². The van der Waals surface area contributed by atoms with Gasteiger partial charge in [0.15, 0.2) is 0 Å². The zero-order chi connectivity index (χ0) is 4.24. The third-order valence-electron chi connectivity index (χ3n) is 0.767. The predicted molar refractivity (Wildman–Crippen MR) is 29.1 cm³/mol. The van der Waals surface area contributed by atoms with Crippen molar-refractivity contribution in [3.63, 3.8) is 0 Å². The lowest BCUT2D eigenvalue weighted by molar-refractivity contribution is 0.824. The summed E-state index contributed by atoms with van der Waals surface area (Å²) in [7, 11) is 0. The molecule has 0 aromatic carbocycles. The molecule has 2 radical (unpaired) electrons. The minimum atomic E-state index is 0. The van der Waals surface area contributed by atoms with E-state index in [0.29, 0.717) is 0 Å². The average molecular weight is 96.1 g/mol. The van der Waals surface area contributed by atoms with Crippen LogP contribution in [0.4, 0.5) is 0 Å². The first-order valence-corrected chi connectivity index (χ1v) is 2.15. The van der Waals surface area contributed by atoms with Crippen LogP contribution in [0.5, 0.6) is 0 Å². The van der Waals surface area contributed by atoms with Crippen molar-refractivity contribution in [3.8, 4) is 0 Å². The Hall–Kier alpha value is -0.560. The lowest BCUT2D eigenvalue weighted by atomic mass is 10.2. The van der Waals surface area contributed by atoms with Gasteiger partial charge in [0.2, 0.25) is 0 Å². The van der Waals surface area contributed by atoms with E-state index in [1.165, 1.54) is 0 Å². The maximum absolute atomic E-state index is 2.12. The van der Waals surface area contributed by atoms with E-state index in [1.54, 1.807) is 0 Å². The smallest absolute Gasteiger partial charge is 0.0130 e. The van der Waals surface area contributed by atoms with E-state index < -0.39 is 0 Å². The molecular weight excluding hydrogens is 88.1 g/mol. The van der Waals surface area contributed by atoms with Gasteiger partial charge >= 0.3 is 0 Å². The summed E-state index contributed by atoms with van der Waals surface area (Å²) in [5.41, 5.74) is 0. The maximum Gasteiger partial charge on any atom is -0.0130 e. The molecule has 1 N–H and O–H groups in total. The van der Waals surface area contributed by atoms with Gasteiger partial charge in [0, 0.05) is 0 Å². The minimum absolute atomic E-state index is 0. The standard InChI is InChI=1S/C6H7.HO/c1-2-4-6-5-3-1;/h1-5H,6H2;1H. The van der Waals surface area contributed by atoms with Crippen LogP contribution in [0.25, 0.3) is 0 Å². The number of rotatable bonds is 0. The molecule has 7 heavy (non-hydrogen) atoms. The molecule has 0 bridgehead atoms. The molecule has 1 aliphatic rings. The van der Waals surface area contributed by atoms with E-state index in [-0.39, 0.29) is 5.48 Å². The summed E-state index contributed by atoms with van der Waals surface area (Å²) in [6, 6.07) is 0. The van der Waals surface area contributed by atoms with E-state index >= 15 is 0 Å². The summed E-state index contributed by atoms with van der Waals surface area (Å²) in [6.07, 6.45) is 11.5. The van der Waals surface area contributed by atoms with Gasteiger partial charge in [-0.25, -0.2) is 0 Å². The van der Waals surface area contributed by atoms with Gasteiger partial charge in [0.25, 0.3) is 0 Å². The van der Waals surface area contributed by atoms with Crippen LogP contribution in [0.1, 0.15) is 6.42 Å². The molecule has 1 rings (SSSR count). The summed E-state index contributed by atoms with van der Waals surface area (Å²) >= 11 is 0. The monoisotopic (exact) mass is 96.1 g/mol. The quantitative estimate of drug-likeness (QED) is 0.474. The SMILES string of the molecule is [CH]1C=CC=CC1.[OH]. The van der Waals surface area contributed by atoms with E-state index in [0.717, 1.165) is 6.42 Å². The molecule has 0 saturated heterocycles. The first-order valence-electron chi connectivity index (χ1n) is 2.15. The Balaban J connectivity index is 0.000000360. The second-order valence-corrected chi connectivity index (χ2v) is 1.28. The van der Waals surface area contributed by atoms with Crippen LogP contribution < -0.4 is 0 Å². The van der Waals surface area contributed by atoms with Gasteiger partial charge in [-0.1, -0.05) is 24.3 Å². The Morgan fingerprint density at radius 2 is 1.86 bits per heavy atom. The van der Waals surface area contributed by atoms with Gasteiger partial charge in [-0.2, -0.15) is 0 Å². The molecule has 0 aromatic heterocycles.